The van der Waals surface area contributed by atoms with Gasteiger partial charge in [-0.25, -0.2) is 0 Å². The van der Waals surface area contributed by atoms with Gasteiger partial charge in [-0.05, 0) is 43.5 Å². The third-order valence-electron chi connectivity index (χ3n) is 5.91. The molecule has 0 saturated carbocycles. The minimum absolute atomic E-state index is 0. The Bertz CT molecular complexity index is 604. The molecule has 0 radical (unpaired) electrons. The number of aliphatic imine (C=N–C) groups is 1. The summed E-state index contributed by atoms with van der Waals surface area (Å²) in [6.45, 7) is 9.95. The second kappa shape index (κ2) is 13.3. The number of halogens is 1. The van der Waals surface area contributed by atoms with Gasteiger partial charge in [-0.2, -0.15) is 0 Å². The predicted molar refractivity (Wildman–Crippen MR) is 133 cm³/mol. The molecule has 2 aliphatic heterocycles. The van der Waals surface area contributed by atoms with Crippen LogP contribution in [-0.2, 0) is 11.3 Å². The molecule has 0 bridgehead atoms. The first-order valence-corrected chi connectivity index (χ1v) is 10.9. The normalized spacial score (nSPS) is 20.8. The average Bonchev–Trinajstić information content (AvgIpc) is 2.77. The van der Waals surface area contributed by atoms with Gasteiger partial charge in [0.05, 0.1) is 13.2 Å². The summed E-state index contributed by atoms with van der Waals surface area (Å²) < 4.78 is 5.43. The number of anilines is 1. The Kier molecular flexibility index (Phi) is 11.1. The van der Waals surface area contributed by atoms with Gasteiger partial charge in [-0.1, -0.05) is 25.5 Å². The molecule has 6 nitrogen and oxygen atoms in total. The number of hydrogen-bond acceptors (Lipinski definition) is 4. The number of likely N-dealkylation sites (tertiary alicyclic amines) is 1. The Balaban J connectivity index is 0.00000300. The number of benzene rings is 1. The van der Waals surface area contributed by atoms with Crippen molar-refractivity contribution in [2.75, 3.05) is 57.9 Å². The lowest BCUT2D eigenvalue weighted by atomic mass is 10.0. The number of ether oxygens (including phenoxy) is 1. The summed E-state index contributed by atoms with van der Waals surface area (Å²) in [5.41, 5.74) is 2.55. The lowest BCUT2D eigenvalue weighted by molar-refractivity contribution is 0.122. The van der Waals surface area contributed by atoms with Gasteiger partial charge < -0.3 is 20.3 Å². The number of nitrogens with zero attached hydrogens (tertiary/aromatic N) is 3. The van der Waals surface area contributed by atoms with E-state index in [-0.39, 0.29) is 24.0 Å². The van der Waals surface area contributed by atoms with Gasteiger partial charge in [-0.3, -0.25) is 9.89 Å². The number of hydrogen-bond donors (Lipinski definition) is 2. The second-order valence-corrected chi connectivity index (χ2v) is 7.71. The molecule has 2 aliphatic rings. The zero-order valence-electron chi connectivity index (χ0n) is 18.0. The van der Waals surface area contributed by atoms with Crippen LogP contribution in [0.2, 0.25) is 0 Å². The maximum Gasteiger partial charge on any atom is 0.191 e. The number of guanidine groups is 1. The van der Waals surface area contributed by atoms with Crippen molar-refractivity contribution in [3.05, 3.63) is 29.8 Å². The van der Waals surface area contributed by atoms with Crippen molar-refractivity contribution in [1.29, 1.82) is 0 Å². The number of piperidine rings is 1. The minimum Gasteiger partial charge on any atom is -0.378 e. The molecule has 0 amide bonds. The van der Waals surface area contributed by atoms with E-state index in [0.717, 1.165) is 57.9 Å². The number of morpholine rings is 1. The minimum atomic E-state index is 0. The first-order chi connectivity index (χ1) is 13.8. The molecule has 0 spiro atoms. The molecular weight excluding hydrogens is 477 g/mol. The van der Waals surface area contributed by atoms with E-state index in [4.69, 9.17) is 4.74 Å². The molecule has 2 fully saturated rings. The highest BCUT2D eigenvalue weighted by atomic mass is 127. The molecule has 7 heteroatoms. The summed E-state index contributed by atoms with van der Waals surface area (Å²) in [5.74, 6) is 0.877. The van der Waals surface area contributed by atoms with Gasteiger partial charge >= 0.3 is 0 Å². The topological polar surface area (TPSA) is 52.1 Å². The Morgan fingerprint density at radius 3 is 2.55 bits per heavy atom. The number of nitrogens with one attached hydrogen (secondary N) is 2. The Labute approximate surface area is 193 Å². The Hall–Kier alpha value is -1.06. The van der Waals surface area contributed by atoms with E-state index in [9.17, 15) is 0 Å². The summed E-state index contributed by atoms with van der Waals surface area (Å²) in [5, 5.41) is 6.90. The van der Waals surface area contributed by atoms with E-state index in [1.54, 1.807) is 0 Å². The van der Waals surface area contributed by atoms with E-state index >= 15 is 0 Å². The SMILES string of the molecule is CCC1CCCCN1CCNC(=NC)NCc1ccc(N2CCOCC2)cc1.I. The van der Waals surface area contributed by atoms with E-state index in [0.29, 0.717) is 0 Å². The Morgan fingerprint density at radius 2 is 1.86 bits per heavy atom. The van der Waals surface area contributed by atoms with Crippen LogP contribution in [0, 0.1) is 0 Å². The van der Waals surface area contributed by atoms with E-state index in [2.05, 4.69) is 56.6 Å². The molecule has 2 heterocycles. The summed E-state index contributed by atoms with van der Waals surface area (Å²) in [6, 6.07) is 9.57. The van der Waals surface area contributed by atoms with Crippen LogP contribution in [0.5, 0.6) is 0 Å². The van der Waals surface area contributed by atoms with E-state index in [1.165, 1.54) is 43.5 Å². The van der Waals surface area contributed by atoms with Crippen LogP contribution in [0.15, 0.2) is 29.3 Å². The first-order valence-electron chi connectivity index (χ1n) is 10.9. The summed E-state index contributed by atoms with van der Waals surface area (Å²) in [6.07, 6.45) is 5.33. The monoisotopic (exact) mass is 515 g/mol. The molecule has 1 unspecified atom stereocenters. The van der Waals surface area contributed by atoms with Crippen molar-refractivity contribution < 1.29 is 4.74 Å². The van der Waals surface area contributed by atoms with Gasteiger partial charge in [-0.15, -0.1) is 24.0 Å². The molecule has 2 saturated heterocycles. The lowest BCUT2D eigenvalue weighted by Gasteiger charge is -2.35. The van der Waals surface area contributed by atoms with Gasteiger partial charge in [0.2, 0.25) is 0 Å². The summed E-state index contributed by atoms with van der Waals surface area (Å²) in [7, 11) is 1.84. The third-order valence-corrected chi connectivity index (χ3v) is 5.91. The van der Waals surface area contributed by atoms with Crippen molar-refractivity contribution in [2.45, 2.75) is 45.2 Å². The van der Waals surface area contributed by atoms with Gasteiger partial charge in [0.25, 0.3) is 0 Å². The molecule has 3 rings (SSSR count). The maximum atomic E-state index is 5.43. The fourth-order valence-corrected chi connectivity index (χ4v) is 4.19. The van der Waals surface area contributed by atoms with Crippen LogP contribution in [0.4, 0.5) is 5.69 Å². The van der Waals surface area contributed by atoms with Crippen LogP contribution >= 0.6 is 24.0 Å². The molecule has 2 N–H and O–H groups in total. The van der Waals surface area contributed by atoms with Crippen molar-refractivity contribution in [2.24, 2.45) is 4.99 Å². The molecule has 1 aromatic carbocycles. The van der Waals surface area contributed by atoms with Crippen molar-refractivity contribution in [1.82, 2.24) is 15.5 Å². The van der Waals surface area contributed by atoms with Crippen molar-refractivity contribution in [3.8, 4) is 0 Å². The summed E-state index contributed by atoms with van der Waals surface area (Å²) >= 11 is 0. The maximum absolute atomic E-state index is 5.43. The molecule has 1 aromatic rings. The third kappa shape index (κ3) is 7.61. The average molecular weight is 515 g/mol. The highest BCUT2D eigenvalue weighted by Gasteiger charge is 2.20. The zero-order chi connectivity index (χ0) is 19.6. The predicted octanol–water partition coefficient (Wildman–Crippen LogP) is 3.07. The van der Waals surface area contributed by atoms with Crippen LogP contribution in [0.25, 0.3) is 0 Å². The van der Waals surface area contributed by atoms with Gasteiger partial charge in [0.15, 0.2) is 5.96 Å². The largest absolute Gasteiger partial charge is 0.378 e. The van der Waals surface area contributed by atoms with Crippen LogP contribution < -0.4 is 15.5 Å². The smallest absolute Gasteiger partial charge is 0.191 e. The standard InChI is InChI=1S/C22H37N5O.HI/c1-3-20-6-4-5-12-26(20)13-11-24-22(23-2)25-18-19-7-9-21(10-8-19)27-14-16-28-17-15-27;/h7-10,20H,3-6,11-18H2,1-2H3,(H2,23,24,25);1H. The molecular formula is C22H38IN5O. The zero-order valence-corrected chi connectivity index (χ0v) is 20.4. The number of rotatable bonds is 7. The summed E-state index contributed by atoms with van der Waals surface area (Å²) in [4.78, 5) is 9.38. The Morgan fingerprint density at radius 1 is 1.10 bits per heavy atom. The van der Waals surface area contributed by atoms with Gasteiger partial charge in [0, 0.05) is 51.5 Å². The molecule has 0 aromatic heterocycles. The first kappa shape index (κ1) is 24.2. The second-order valence-electron chi connectivity index (χ2n) is 7.71. The van der Waals surface area contributed by atoms with Crippen LogP contribution in [0.3, 0.4) is 0 Å². The van der Waals surface area contributed by atoms with Crippen LogP contribution in [-0.4, -0.2) is 69.9 Å². The molecule has 0 aliphatic carbocycles. The van der Waals surface area contributed by atoms with E-state index < -0.39 is 0 Å². The highest BCUT2D eigenvalue weighted by Crippen LogP contribution is 2.18. The highest BCUT2D eigenvalue weighted by molar-refractivity contribution is 14.0. The molecule has 1 atom stereocenters. The van der Waals surface area contributed by atoms with Gasteiger partial charge in [0.1, 0.15) is 0 Å². The molecule has 164 valence electrons. The van der Waals surface area contributed by atoms with Crippen molar-refractivity contribution in [3.63, 3.8) is 0 Å². The van der Waals surface area contributed by atoms with E-state index in [1.807, 2.05) is 7.05 Å². The lowest BCUT2D eigenvalue weighted by Crippen LogP contribution is -2.45. The fraction of sp³-hybridized carbons (Fsp3) is 0.682. The molecule has 29 heavy (non-hydrogen) atoms. The quantitative estimate of drug-likeness (QED) is 0.332. The fourth-order valence-electron chi connectivity index (χ4n) is 4.19. The van der Waals surface area contributed by atoms with Crippen molar-refractivity contribution >= 4 is 35.6 Å². The van der Waals surface area contributed by atoms with Crippen LogP contribution in [0.1, 0.15) is 38.2 Å².